The lowest BCUT2D eigenvalue weighted by Gasteiger charge is -2.07. The monoisotopic (exact) mass is 301 g/mol. The average Bonchev–Trinajstić information content (AvgIpc) is 3.18. The average molecular weight is 301 g/mol. The van der Waals surface area contributed by atoms with Crippen LogP contribution in [0.5, 0.6) is 5.88 Å². The van der Waals surface area contributed by atoms with Crippen LogP contribution in [0.3, 0.4) is 0 Å². The number of pyridine rings is 1. The summed E-state index contributed by atoms with van der Waals surface area (Å²) in [7, 11) is 1.53. The summed E-state index contributed by atoms with van der Waals surface area (Å²) < 4.78 is 10.6. The summed E-state index contributed by atoms with van der Waals surface area (Å²) in [6.45, 7) is 0. The second kappa shape index (κ2) is 5.41. The van der Waals surface area contributed by atoms with Crippen LogP contribution in [0.1, 0.15) is 9.67 Å². The first-order valence-corrected chi connectivity index (χ1v) is 6.92. The van der Waals surface area contributed by atoms with E-state index in [-0.39, 0.29) is 4.88 Å². The zero-order valence-corrected chi connectivity index (χ0v) is 11.9. The number of thiophene rings is 1. The Hall–Kier alpha value is -2.60. The summed E-state index contributed by atoms with van der Waals surface area (Å²) in [5, 5.41) is 9.02. The number of rotatable bonds is 4. The molecule has 0 atom stereocenters. The van der Waals surface area contributed by atoms with Crippen molar-refractivity contribution in [3.63, 3.8) is 0 Å². The zero-order chi connectivity index (χ0) is 14.8. The Balaban J connectivity index is 2.10. The van der Waals surface area contributed by atoms with Crippen LogP contribution in [0.25, 0.3) is 21.8 Å². The highest BCUT2D eigenvalue weighted by Gasteiger charge is 2.15. The first kappa shape index (κ1) is 13.4. The van der Waals surface area contributed by atoms with E-state index in [1.165, 1.54) is 18.4 Å². The minimum absolute atomic E-state index is 0.274. The summed E-state index contributed by atoms with van der Waals surface area (Å²) in [6.07, 6.45) is 3.25. The number of hydrogen-bond donors (Lipinski definition) is 1. The molecular weight excluding hydrogens is 290 g/mol. The van der Waals surface area contributed by atoms with Crippen LogP contribution in [-0.2, 0) is 0 Å². The van der Waals surface area contributed by atoms with Gasteiger partial charge >= 0.3 is 5.97 Å². The molecule has 0 aromatic carbocycles. The minimum Gasteiger partial charge on any atom is -0.481 e. The topological polar surface area (TPSA) is 72.6 Å². The van der Waals surface area contributed by atoms with E-state index >= 15 is 0 Å². The molecule has 0 aliphatic heterocycles. The third-order valence-electron chi connectivity index (χ3n) is 2.93. The number of carbonyl (C=O) groups is 1. The molecule has 0 spiro atoms. The zero-order valence-electron chi connectivity index (χ0n) is 11.1. The molecule has 0 unspecified atom stereocenters. The van der Waals surface area contributed by atoms with E-state index in [9.17, 15) is 4.79 Å². The third kappa shape index (κ3) is 2.53. The molecule has 0 fully saturated rings. The Morgan fingerprint density at radius 1 is 1.38 bits per heavy atom. The normalized spacial score (nSPS) is 10.5. The number of carboxylic acids is 1. The van der Waals surface area contributed by atoms with Crippen molar-refractivity contribution in [2.24, 2.45) is 0 Å². The van der Waals surface area contributed by atoms with Crippen LogP contribution in [-0.4, -0.2) is 23.2 Å². The molecule has 5 nitrogen and oxygen atoms in total. The van der Waals surface area contributed by atoms with Crippen LogP contribution in [0, 0.1) is 0 Å². The van der Waals surface area contributed by atoms with E-state index in [0.29, 0.717) is 11.6 Å². The Morgan fingerprint density at radius 3 is 2.86 bits per heavy atom. The molecule has 0 amide bonds. The van der Waals surface area contributed by atoms with E-state index in [2.05, 4.69) is 4.98 Å². The lowest BCUT2D eigenvalue weighted by molar-refractivity contribution is 0.0702. The molecule has 3 aromatic rings. The lowest BCUT2D eigenvalue weighted by atomic mass is 10.1. The van der Waals surface area contributed by atoms with E-state index in [1.54, 1.807) is 30.7 Å². The van der Waals surface area contributed by atoms with Crippen LogP contribution in [0.4, 0.5) is 0 Å². The molecule has 0 aliphatic carbocycles. The number of nitrogens with zero attached hydrogens (tertiary/aromatic N) is 1. The van der Waals surface area contributed by atoms with E-state index < -0.39 is 5.97 Å². The fourth-order valence-electron chi connectivity index (χ4n) is 1.97. The van der Waals surface area contributed by atoms with Gasteiger partial charge in [0.25, 0.3) is 0 Å². The number of aromatic nitrogens is 1. The standard InChI is InChI=1S/C15H11NO4S/c1-19-14-10(12-4-5-13(21-12)15(17)18)7-9(8-16-14)11-3-2-6-20-11/h2-8H,1H3,(H,17,18). The summed E-state index contributed by atoms with van der Waals surface area (Å²) in [4.78, 5) is 16.3. The van der Waals surface area contributed by atoms with Gasteiger partial charge in [-0.15, -0.1) is 11.3 Å². The number of methoxy groups -OCH3 is 1. The van der Waals surface area contributed by atoms with Crippen LogP contribution >= 0.6 is 11.3 Å². The van der Waals surface area contributed by atoms with Crippen molar-refractivity contribution in [1.29, 1.82) is 0 Å². The molecule has 6 heteroatoms. The molecule has 21 heavy (non-hydrogen) atoms. The van der Waals surface area contributed by atoms with Gasteiger partial charge in [-0.05, 0) is 30.3 Å². The quantitative estimate of drug-likeness (QED) is 0.794. The fourth-order valence-corrected chi connectivity index (χ4v) is 2.82. The van der Waals surface area contributed by atoms with Crippen LogP contribution < -0.4 is 4.74 Å². The molecule has 0 saturated carbocycles. The second-order valence-electron chi connectivity index (χ2n) is 4.23. The molecule has 3 aromatic heterocycles. The highest BCUT2D eigenvalue weighted by molar-refractivity contribution is 7.17. The number of hydrogen-bond acceptors (Lipinski definition) is 5. The van der Waals surface area contributed by atoms with Gasteiger partial charge in [0.05, 0.1) is 18.9 Å². The Bertz CT molecular complexity index is 777. The van der Waals surface area contributed by atoms with E-state index in [4.69, 9.17) is 14.3 Å². The number of furan rings is 1. The molecule has 106 valence electrons. The molecule has 1 N–H and O–H groups in total. The first-order chi connectivity index (χ1) is 10.2. The summed E-state index contributed by atoms with van der Waals surface area (Å²) in [6, 6.07) is 8.83. The minimum atomic E-state index is -0.944. The second-order valence-corrected chi connectivity index (χ2v) is 5.31. The van der Waals surface area contributed by atoms with Gasteiger partial charge in [0.15, 0.2) is 0 Å². The van der Waals surface area contributed by atoms with Crippen molar-refractivity contribution >= 4 is 17.3 Å². The fraction of sp³-hybridized carbons (Fsp3) is 0.0667. The highest BCUT2D eigenvalue weighted by Crippen LogP contribution is 2.36. The molecule has 0 bridgehead atoms. The maximum atomic E-state index is 11.0. The van der Waals surface area contributed by atoms with Crippen molar-refractivity contribution in [3.05, 3.63) is 47.7 Å². The van der Waals surface area contributed by atoms with Crippen molar-refractivity contribution in [1.82, 2.24) is 4.98 Å². The summed E-state index contributed by atoms with van der Waals surface area (Å²) in [5.74, 6) is 0.200. The van der Waals surface area contributed by atoms with Gasteiger partial charge in [-0.25, -0.2) is 9.78 Å². The third-order valence-corrected chi connectivity index (χ3v) is 4.04. The molecule has 0 radical (unpaired) electrons. The van der Waals surface area contributed by atoms with Crippen molar-refractivity contribution in [2.45, 2.75) is 0 Å². The summed E-state index contributed by atoms with van der Waals surface area (Å²) in [5.41, 5.74) is 1.55. The van der Waals surface area contributed by atoms with Gasteiger partial charge in [-0.3, -0.25) is 0 Å². The van der Waals surface area contributed by atoms with E-state index in [1.807, 2.05) is 12.1 Å². The van der Waals surface area contributed by atoms with Crippen molar-refractivity contribution < 1.29 is 19.1 Å². The molecule has 3 rings (SSSR count). The Morgan fingerprint density at radius 2 is 2.24 bits per heavy atom. The van der Waals surface area contributed by atoms with Gasteiger partial charge < -0.3 is 14.3 Å². The molecule has 0 aliphatic rings. The van der Waals surface area contributed by atoms with Gasteiger partial charge in [0.2, 0.25) is 5.88 Å². The first-order valence-electron chi connectivity index (χ1n) is 6.10. The molecule has 3 heterocycles. The maximum Gasteiger partial charge on any atom is 0.345 e. The predicted molar refractivity (Wildman–Crippen MR) is 78.8 cm³/mol. The Labute approximate surface area is 124 Å². The van der Waals surface area contributed by atoms with Crippen molar-refractivity contribution in [3.8, 4) is 27.6 Å². The largest absolute Gasteiger partial charge is 0.481 e. The molecular formula is C15H11NO4S. The maximum absolute atomic E-state index is 11.0. The number of aromatic carboxylic acids is 1. The van der Waals surface area contributed by atoms with Crippen LogP contribution in [0.2, 0.25) is 0 Å². The smallest absolute Gasteiger partial charge is 0.345 e. The van der Waals surface area contributed by atoms with Crippen molar-refractivity contribution in [2.75, 3.05) is 7.11 Å². The van der Waals surface area contributed by atoms with Gasteiger partial charge in [0.1, 0.15) is 10.6 Å². The SMILES string of the molecule is COc1ncc(-c2ccco2)cc1-c1ccc(C(=O)O)s1. The van der Waals surface area contributed by atoms with Gasteiger partial charge in [-0.2, -0.15) is 0 Å². The Kier molecular flexibility index (Phi) is 3.45. The van der Waals surface area contributed by atoms with Crippen LogP contribution in [0.15, 0.2) is 47.2 Å². The highest BCUT2D eigenvalue weighted by atomic mass is 32.1. The van der Waals surface area contributed by atoms with E-state index in [0.717, 1.165) is 16.0 Å². The molecule has 0 saturated heterocycles. The van der Waals surface area contributed by atoms with Gasteiger partial charge in [-0.1, -0.05) is 0 Å². The summed E-state index contributed by atoms with van der Waals surface area (Å²) >= 11 is 1.18. The predicted octanol–water partition coefficient (Wildman–Crippen LogP) is 3.78. The van der Waals surface area contributed by atoms with Gasteiger partial charge in [0, 0.05) is 16.6 Å². The number of carboxylic acid groups (broad SMARTS) is 1. The number of ether oxygens (including phenoxy) is 1. The lowest BCUT2D eigenvalue weighted by Crippen LogP contribution is -1.91.